The number of nitrogens with zero attached hydrogens (tertiary/aromatic N) is 2. The molecule has 0 unspecified atom stereocenters. The number of amides is 1. The van der Waals surface area contributed by atoms with Crippen LogP contribution in [0.25, 0.3) is 0 Å². The molecule has 1 heterocycles. The summed E-state index contributed by atoms with van der Waals surface area (Å²) in [6.45, 7) is 13.2. The van der Waals surface area contributed by atoms with Crippen LogP contribution in [0.3, 0.4) is 0 Å². The number of hydrogen-bond acceptors (Lipinski definition) is 4. The van der Waals surface area contributed by atoms with E-state index in [1.807, 2.05) is 38.1 Å². The van der Waals surface area contributed by atoms with Crippen molar-refractivity contribution in [3.05, 3.63) is 41.3 Å². The summed E-state index contributed by atoms with van der Waals surface area (Å²) >= 11 is 0. The van der Waals surface area contributed by atoms with Crippen LogP contribution in [0.1, 0.15) is 62.3 Å². The molecule has 0 bridgehead atoms. The molecule has 2 aromatic rings. The summed E-state index contributed by atoms with van der Waals surface area (Å²) in [6.07, 6.45) is 0. The van der Waals surface area contributed by atoms with Gasteiger partial charge in [-0.15, -0.1) is 0 Å². The van der Waals surface area contributed by atoms with E-state index in [-0.39, 0.29) is 11.8 Å². The van der Waals surface area contributed by atoms with Gasteiger partial charge in [-0.1, -0.05) is 19.0 Å². The molecule has 1 aromatic heterocycles. The topological polar surface area (TPSA) is 58.4 Å². The summed E-state index contributed by atoms with van der Waals surface area (Å²) in [5, 5.41) is 6.86. The average Bonchev–Trinajstić information content (AvgIpc) is 2.91. The van der Waals surface area contributed by atoms with Crippen LogP contribution < -0.4 is 10.2 Å². The standard InChI is InChI=1S/C19H27N3O2/c1-7-22(13(4)5)16-10-8-15(9-11-16)20-19(23)17-14(6)21-24-18(17)12(2)3/h8-13H,7H2,1-6H3,(H,20,23). The van der Waals surface area contributed by atoms with Gasteiger partial charge >= 0.3 is 0 Å². The second kappa shape index (κ2) is 7.51. The summed E-state index contributed by atoms with van der Waals surface area (Å²) in [7, 11) is 0. The molecule has 1 aromatic carbocycles. The smallest absolute Gasteiger partial charge is 0.261 e. The van der Waals surface area contributed by atoms with Crippen LogP contribution in [-0.2, 0) is 0 Å². The van der Waals surface area contributed by atoms with Gasteiger partial charge in [0.15, 0.2) is 5.76 Å². The minimum absolute atomic E-state index is 0.110. The second-order valence-corrected chi connectivity index (χ2v) is 6.54. The van der Waals surface area contributed by atoms with Gasteiger partial charge in [-0.3, -0.25) is 4.79 Å². The van der Waals surface area contributed by atoms with Crippen LogP contribution in [0.15, 0.2) is 28.8 Å². The van der Waals surface area contributed by atoms with E-state index in [0.29, 0.717) is 23.1 Å². The van der Waals surface area contributed by atoms with E-state index >= 15 is 0 Å². The number of benzene rings is 1. The molecule has 5 heteroatoms. The number of aryl methyl sites for hydroxylation is 1. The van der Waals surface area contributed by atoms with Crippen LogP contribution in [0.4, 0.5) is 11.4 Å². The number of carbonyl (C=O) groups excluding carboxylic acids is 1. The van der Waals surface area contributed by atoms with Crippen LogP contribution in [0.5, 0.6) is 0 Å². The van der Waals surface area contributed by atoms with E-state index in [0.717, 1.165) is 17.9 Å². The van der Waals surface area contributed by atoms with Crippen molar-refractivity contribution in [1.29, 1.82) is 0 Å². The summed E-state index contributed by atoms with van der Waals surface area (Å²) in [6, 6.07) is 8.35. The molecule has 24 heavy (non-hydrogen) atoms. The maximum atomic E-state index is 12.6. The molecule has 130 valence electrons. The van der Waals surface area contributed by atoms with Crippen LogP contribution in [0.2, 0.25) is 0 Å². The van der Waals surface area contributed by atoms with E-state index in [9.17, 15) is 4.79 Å². The van der Waals surface area contributed by atoms with Gasteiger partial charge < -0.3 is 14.7 Å². The van der Waals surface area contributed by atoms with E-state index in [1.54, 1.807) is 6.92 Å². The largest absolute Gasteiger partial charge is 0.369 e. The first-order chi connectivity index (χ1) is 11.3. The van der Waals surface area contributed by atoms with E-state index in [4.69, 9.17) is 4.52 Å². The molecule has 0 fully saturated rings. The van der Waals surface area contributed by atoms with Gasteiger partial charge in [-0.25, -0.2) is 0 Å². The molecule has 0 atom stereocenters. The first-order valence-corrected chi connectivity index (χ1v) is 8.49. The SMILES string of the molecule is CCN(c1ccc(NC(=O)c2c(C)noc2C(C)C)cc1)C(C)C. The Labute approximate surface area is 144 Å². The Balaban J connectivity index is 2.17. The fraction of sp³-hybridized carbons (Fsp3) is 0.474. The van der Waals surface area contributed by atoms with E-state index < -0.39 is 0 Å². The maximum Gasteiger partial charge on any atom is 0.261 e. The van der Waals surface area contributed by atoms with Crippen molar-refractivity contribution in [3.63, 3.8) is 0 Å². The molecule has 0 saturated carbocycles. The molecule has 0 saturated heterocycles. The predicted octanol–water partition coefficient (Wildman–Crippen LogP) is 4.59. The zero-order chi connectivity index (χ0) is 17.9. The fourth-order valence-electron chi connectivity index (χ4n) is 2.83. The Bertz CT molecular complexity index is 687. The van der Waals surface area contributed by atoms with Crippen molar-refractivity contribution in [2.24, 2.45) is 0 Å². The molecule has 1 amide bonds. The Morgan fingerprint density at radius 1 is 1.21 bits per heavy atom. The number of rotatable bonds is 6. The molecule has 0 spiro atoms. The summed E-state index contributed by atoms with van der Waals surface area (Å²) < 4.78 is 5.29. The molecule has 0 aliphatic heterocycles. The Morgan fingerprint density at radius 3 is 2.33 bits per heavy atom. The molecule has 2 rings (SSSR count). The monoisotopic (exact) mass is 329 g/mol. The van der Waals surface area contributed by atoms with E-state index in [2.05, 4.69) is 36.1 Å². The highest BCUT2D eigenvalue weighted by atomic mass is 16.5. The molecule has 0 aliphatic carbocycles. The van der Waals surface area contributed by atoms with Crippen molar-refractivity contribution in [2.45, 2.75) is 53.5 Å². The number of nitrogens with one attached hydrogen (secondary N) is 1. The second-order valence-electron chi connectivity index (χ2n) is 6.54. The molecule has 0 radical (unpaired) electrons. The highest BCUT2D eigenvalue weighted by Crippen LogP contribution is 2.24. The van der Waals surface area contributed by atoms with Crippen molar-refractivity contribution < 1.29 is 9.32 Å². The summed E-state index contributed by atoms with van der Waals surface area (Å²) in [5.41, 5.74) is 3.06. The Morgan fingerprint density at radius 2 is 1.83 bits per heavy atom. The van der Waals surface area contributed by atoms with Crippen molar-refractivity contribution in [3.8, 4) is 0 Å². The Kier molecular flexibility index (Phi) is 5.65. The lowest BCUT2D eigenvalue weighted by Crippen LogP contribution is -2.30. The highest BCUT2D eigenvalue weighted by Gasteiger charge is 2.22. The van der Waals surface area contributed by atoms with Gasteiger partial charge in [0.05, 0.1) is 5.69 Å². The predicted molar refractivity (Wildman–Crippen MR) is 97.9 cm³/mol. The quantitative estimate of drug-likeness (QED) is 0.842. The van der Waals surface area contributed by atoms with Crippen LogP contribution in [-0.4, -0.2) is 23.7 Å². The van der Waals surface area contributed by atoms with Crippen LogP contribution in [0, 0.1) is 6.92 Å². The van der Waals surface area contributed by atoms with Crippen molar-refractivity contribution >= 4 is 17.3 Å². The van der Waals surface area contributed by atoms with Gasteiger partial charge in [-0.2, -0.15) is 0 Å². The zero-order valence-electron chi connectivity index (χ0n) is 15.4. The molecule has 0 aliphatic rings. The Hall–Kier alpha value is -2.30. The van der Waals surface area contributed by atoms with E-state index in [1.165, 1.54) is 0 Å². The van der Waals surface area contributed by atoms with Crippen LogP contribution >= 0.6 is 0 Å². The molecular weight excluding hydrogens is 302 g/mol. The zero-order valence-corrected chi connectivity index (χ0v) is 15.4. The number of hydrogen-bond donors (Lipinski definition) is 1. The lowest BCUT2D eigenvalue weighted by Gasteiger charge is -2.27. The molecule has 5 nitrogen and oxygen atoms in total. The fourth-order valence-corrected chi connectivity index (χ4v) is 2.83. The lowest BCUT2D eigenvalue weighted by molar-refractivity contribution is 0.102. The van der Waals surface area contributed by atoms with Crippen molar-refractivity contribution in [2.75, 3.05) is 16.8 Å². The van der Waals surface area contributed by atoms with Gasteiger partial charge in [0.25, 0.3) is 5.91 Å². The number of anilines is 2. The number of carbonyl (C=O) groups is 1. The molecule has 1 N–H and O–H groups in total. The third-order valence-electron chi connectivity index (χ3n) is 4.06. The third-order valence-corrected chi connectivity index (χ3v) is 4.06. The number of aromatic nitrogens is 1. The van der Waals surface area contributed by atoms with Gasteiger partial charge in [0.1, 0.15) is 5.56 Å². The lowest BCUT2D eigenvalue weighted by atomic mass is 10.0. The minimum Gasteiger partial charge on any atom is -0.369 e. The normalized spacial score (nSPS) is 11.2. The van der Waals surface area contributed by atoms with Gasteiger partial charge in [0.2, 0.25) is 0 Å². The van der Waals surface area contributed by atoms with Crippen molar-refractivity contribution in [1.82, 2.24) is 5.16 Å². The average molecular weight is 329 g/mol. The molecular formula is C19H27N3O2. The summed E-state index contributed by atoms with van der Waals surface area (Å²) in [4.78, 5) is 14.9. The summed E-state index contributed by atoms with van der Waals surface area (Å²) in [5.74, 6) is 0.554. The first kappa shape index (κ1) is 18.0. The first-order valence-electron chi connectivity index (χ1n) is 8.49. The third kappa shape index (κ3) is 3.78. The highest BCUT2D eigenvalue weighted by molar-refractivity contribution is 6.05. The van der Waals surface area contributed by atoms with Gasteiger partial charge in [-0.05, 0) is 52.0 Å². The maximum absolute atomic E-state index is 12.6. The minimum atomic E-state index is -0.179. The van der Waals surface area contributed by atoms with Gasteiger partial charge in [0, 0.05) is 29.9 Å².